The monoisotopic (exact) mass is 281 g/mol. The third-order valence-corrected chi connectivity index (χ3v) is 3.86. The van der Waals surface area contributed by atoms with Crippen LogP contribution in [0.2, 0.25) is 5.02 Å². The van der Waals surface area contributed by atoms with E-state index in [2.05, 4.69) is 20.1 Å². The van der Waals surface area contributed by atoms with Crippen molar-refractivity contribution in [1.29, 1.82) is 0 Å². The number of aryl methyl sites for hydroxylation is 2. The highest BCUT2D eigenvalue weighted by Gasteiger charge is 2.28. The van der Waals surface area contributed by atoms with E-state index < -0.39 is 0 Å². The Hall–Kier alpha value is -1.40. The number of hydrogen-bond donors (Lipinski definition) is 0. The Kier molecular flexibility index (Phi) is 3.28. The number of likely N-dealkylation sites (tertiary alicyclic amines) is 1. The summed E-state index contributed by atoms with van der Waals surface area (Å²) in [6.45, 7) is 4.57. The summed E-state index contributed by atoms with van der Waals surface area (Å²) in [5.74, 6) is 1.77. The van der Waals surface area contributed by atoms with E-state index in [0.717, 1.165) is 42.7 Å². The number of aromatic nitrogens is 4. The van der Waals surface area contributed by atoms with Gasteiger partial charge in [0, 0.05) is 20.1 Å². The number of halogens is 1. The van der Waals surface area contributed by atoms with Gasteiger partial charge in [0.15, 0.2) is 5.82 Å². The summed E-state index contributed by atoms with van der Waals surface area (Å²) in [6, 6.07) is 0. The van der Waals surface area contributed by atoms with Crippen LogP contribution in [0.4, 0.5) is 0 Å². The first-order valence-electron chi connectivity index (χ1n) is 6.32. The lowest BCUT2D eigenvalue weighted by molar-refractivity contribution is 0.302. The molecule has 1 atom stereocenters. The molecular formula is C12H16ClN5O. The van der Waals surface area contributed by atoms with Crippen LogP contribution in [0, 0.1) is 6.92 Å². The van der Waals surface area contributed by atoms with Crippen LogP contribution in [-0.2, 0) is 13.6 Å². The van der Waals surface area contributed by atoms with Crippen molar-refractivity contribution >= 4 is 11.6 Å². The Labute approximate surface area is 116 Å². The van der Waals surface area contributed by atoms with Gasteiger partial charge >= 0.3 is 0 Å². The van der Waals surface area contributed by atoms with Gasteiger partial charge in [-0.2, -0.15) is 10.1 Å². The number of rotatable bonds is 3. The summed E-state index contributed by atoms with van der Waals surface area (Å²) in [5.41, 5.74) is 1.05. The highest BCUT2D eigenvalue weighted by molar-refractivity contribution is 6.31. The standard InChI is InChI=1S/C12H16ClN5O/c1-8-15-12(19-16-8)9-3-4-18(6-9)7-11-10(13)5-14-17(11)2/h5,9H,3-4,6-7H2,1-2H3. The van der Waals surface area contributed by atoms with Gasteiger partial charge in [0.2, 0.25) is 5.89 Å². The lowest BCUT2D eigenvalue weighted by Gasteiger charge is -2.15. The maximum atomic E-state index is 6.13. The molecule has 0 amide bonds. The van der Waals surface area contributed by atoms with E-state index in [1.54, 1.807) is 6.20 Å². The predicted molar refractivity (Wildman–Crippen MR) is 69.9 cm³/mol. The van der Waals surface area contributed by atoms with Crippen LogP contribution in [0.15, 0.2) is 10.7 Å². The van der Waals surface area contributed by atoms with E-state index in [9.17, 15) is 0 Å². The minimum Gasteiger partial charge on any atom is -0.339 e. The lowest BCUT2D eigenvalue weighted by Crippen LogP contribution is -2.21. The first-order valence-corrected chi connectivity index (χ1v) is 6.70. The van der Waals surface area contributed by atoms with Gasteiger partial charge in [0.05, 0.1) is 22.8 Å². The van der Waals surface area contributed by atoms with Gasteiger partial charge in [-0.3, -0.25) is 9.58 Å². The molecule has 0 bridgehead atoms. The quantitative estimate of drug-likeness (QED) is 0.858. The first kappa shape index (κ1) is 12.6. The molecule has 0 saturated carbocycles. The van der Waals surface area contributed by atoms with Crippen molar-refractivity contribution in [3.63, 3.8) is 0 Å². The molecule has 0 N–H and O–H groups in total. The summed E-state index contributed by atoms with van der Waals surface area (Å²) in [7, 11) is 1.91. The van der Waals surface area contributed by atoms with Gasteiger partial charge in [-0.05, 0) is 19.9 Å². The van der Waals surface area contributed by atoms with Crippen molar-refractivity contribution in [3.8, 4) is 0 Å². The Bertz CT molecular complexity index is 559. The predicted octanol–water partition coefficient (Wildman–Crippen LogP) is 1.75. The molecule has 2 aromatic rings. The van der Waals surface area contributed by atoms with Crippen molar-refractivity contribution in [3.05, 3.63) is 28.6 Å². The molecule has 1 aliphatic heterocycles. The molecule has 1 saturated heterocycles. The lowest BCUT2D eigenvalue weighted by atomic mass is 10.1. The second-order valence-corrected chi connectivity index (χ2v) is 5.37. The van der Waals surface area contributed by atoms with E-state index in [0.29, 0.717) is 11.7 Å². The Morgan fingerprint density at radius 2 is 2.37 bits per heavy atom. The summed E-state index contributed by atoms with van der Waals surface area (Å²) >= 11 is 6.13. The van der Waals surface area contributed by atoms with Crippen molar-refractivity contribution in [2.75, 3.05) is 13.1 Å². The van der Waals surface area contributed by atoms with Gasteiger partial charge in [-0.1, -0.05) is 16.8 Å². The molecule has 6 nitrogen and oxygen atoms in total. The zero-order chi connectivity index (χ0) is 13.4. The van der Waals surface area contributed by atoms with Crippen LogP contribution >= 0.6 is 11.6 Å². The molecule has 0 radical (unpaired) electrons. The van der Waals surface area contributed by atoms with Crippen LogP contribution in [0.3, 0.4) is 0 Å². The molecule has 1 aliphatic rings. The average molecular weight is 282 g/mol. The maximum absolute atomic E-state index is 6.13. The van der Waals surface area contributed by atoms with Crippen molar-refractivity contribution in [2.24, 2.45) is 7.05 Å². The molecule has 0 aliphatic carbocycles. The van der Waals surface area contributed by atoms with E-state index in [1.807, 2.05) is 18.7 Å². The van der Waals surface area contributed by atoms with E-state index in [-0.39, 0.29) is 0 Å². The highest BCUT2D eigenvalue weighted by Crippen LogP contribution is 2.28. The van der Waals surface area contributed by atoms with Gasteiger partial charge < -0.3 is 4.52 Å². The van der Waals surface area contributed by atoms with E-state index in [1.165, 1.54) is 0 Å². The topological polar surface area (TPSA) is 60.0 Å². The summed E-state index contributed by atoms with van der Waals surface area (Å²) in [5, 5.41) is 8.73. The highest BCUT2D eigenvalue weighted by atomic mass is 35.5. The fourth-order valence-electron chi connectivity index (χ4n) is 2.48. The van der Waals surface area contributed by atoms with Crippen LogP contribution in [-0.4, -0.2) is 37.9 Å². The molecule has 1 fully saturated rings. The Balaban J connectivity index is 1.66. The zero-order valence-electron chi connectivity index (χ0n) is 11.0. The molecule has 0 spiro atoms. The van der Waals surface area contributed by atoms with Crippen molar-refractivity contribution < 1.29 is 4.52 Å². The minimum atomic E-state index is 0.327. The summed E-state index contributed by atoms with van der Waals surface area (Å²) in [6.07, 6.45) is 2.73. The van der Waals surface area contributed by atoms with Gasteiger partial charge in [0.25, 0.3) is 0 Å². The van der Waals surface area contributed by atoms with Crippen LogP contribution < -0.4 is 0 Å². The van der Waals surface area contributed by atoms with Crippen LogP contribution in [0.25, 0.3) is 0 Å². The molecule has 19 heavy (non-hydrogen) atoms. The van der Waals surface area contributed by atoms with Gasteiger partial charge in [0.1, 0.15) is 0 Å². The van der Waals surface area contributed by atoms with E-state index >= 15 is 0 Å². The number of nitrogens with zero attached hydrogens (tertiary/aromatic N) is 5. The Morgan fingerprint density at radius 1 is 1.53 bits per heavy atom. The third-order valence-electron chi connectivity index (χ3n) is 3.55. The molecule has 2 aromatic heterocycles. The van der Waals surface area contributed by atoms with Gasteiger partial charge in [-0.25, -0.2) is 0 Å². The van der Waals surface area contributed by atoms with E-state index in [4.69, 9.17) is 16.1 Å². The molecule has 0 aromatic carbocycles. The minimum absolute atomic E-state index is 0.327. The van der Waals surface area contributed by atoms with Crippen LogP contribution in [0.5, 0.6) is 0 Å². The fraction of sp³-hybridized carbons (Fsp3) is 0.583. The molecular weight excluding hydrogens is 266 g/mol. The van der Waals surface area contributed by atoms with Crippen LogP contribution in [0.1, 0.15) is 29.7 Å². The number of hydrogen-bond acceptors (Lipinski definition) is 5. The molecule has 7 heteroatoms. The fourth-order valence-corrected chi connectivity index (χ4v) is 2.71. The third kappa shape index (κ3) is 2.50. The maximum Gasteiger partial charge on any atom is 0.231 e. The first-order chi connectivity index (χ1) is 9.13. The molecule has 102 valence electrons. The van der Waals surface area contributed by atoms with Gasteiger partial charge in [-0.15, -0.1) is 0 Å². The largest absolute Gasteiger partial charge is 0.339 e. The zero-order valence-corrected chi connectivity index (χ0v) is 11.8. The van der Waals surface area contributed by atoms with Crippen molar-refractivity contribution in [2.45, 2.75) is 25.8 Å². The molecule has 1 unspecified atom stereocenters. The summed E-state index contributed by atoms with van der Waals surface area (Å²) < 4.78 is 7.07. The Morgan fingerprint density at radius 3 is 3.00 bits per heavy atom. The average Bonchev–Trinajstić information content (AvgIpc) is 3.06. The summed E-state index contributed by atoms with van der Waals surface area (Å²) in [4.78, 5) is 6.65. The SMILES string of the molecule is Cc1noc(C2CCN(Cc3c(Cl)cnn3C)C2)n1. The smallest absolute Gasteiger partial charge is 0.231 e. The second-order valence-electron chi connectivity index (χ2n) is 4.96. The normalized spacial score (nSPS) is 20.3. The molecule has 3 rings (SSSR count). The second kappa shape index (κ2) is 4.94. The van der Waals surface area contributed by atoms with Crippen molar-refractivity contribution in [1.82, 2.24) is 24.8 Å². The molecule has 3 heterocycles.